The van der Waals surface area contributed by atoms with Crippen molar-refractivity contribution in [1.82, 2.24) is 20.1 Å². The van der Waals surface area contributed by atoms with E-state index in [0.717, 1.165) is 31.5 Å². The van der Waals surface area contributed by atoms with Crippen LogP contribution in [0, 0.1) is 11.6 Å². The van der Waals surface area contributed by atoms with Crippen LogP contribution in [0.3, 0.4) is 0 Å². The zero-order valence-electron chi connectivity index (χ0n) is 11.4. The minimum Gasteiger partial charge on any atom is -0.293 e. The fraction of sp³-hybridized carbons (Fsp3) is 0.429. The second-order valence-corrected chi connectivity index (χ2v) is 5.33. The molecule has 0 saturated carbocycles. The van der Waals surface area contributed by atoms with Crippen molar-refractivity contribution < 1.29 is 8.78 Å². The normalized spacial score (nSPS) is 19.2. The SMILES string of the molecule is O=c1[nH]nc(CN2CCC[C@@H]2Cc2cc(F)ccc2F)[nH]1. The van der Waals surface area contributed by atoms with Crippen LogP contribution in [0.15, 0.2) is 23.0 Å². The van der Waals surface area contributed by atoms with E-state index in [-0.39, 0.29) is 17.5 Å². The minimum absolute atomic E-state index is 0.126. The average Bonchev–Trinajstić information content (AvgIpc) is 3.04. The molecule has 0 bridgehead atoms. The summed E-state index contributed by atoms with van der Waals surface area (Å²) in [6, 6.07) is 3.67. The van der Waals surface area contributed by atoms with Gasteiger partial charge in [-0.25, -0.2) is 18.7 Å². The number of halogens is 2. The highest BCUT2D eigenvalue weighted by atomic mass is 19.1. The molecule has 1 aliphatic heterocycles. The maximum Gasteiger partial charge on any atom is 0.340 e. The number of nitrogens with zero attached hydrogens (tertiary/aromatic N) is 2. The molecule has 0 amide bonds. The number of aromatic amines is 2. The summed E-state index contributed by atoms with van der Waals surface area (Å²) in [6.45, 7) is 1.36. The van der Waals surface area contributed by atoms with Gasteiger partial charge in [-0.05, 0) is 49.6 Å². The Kier molecular flexibility index (Phi) is 3.83. The standard InChI is InChI=1S/C14H16F2N4O/c15-10-3-4-12(16)9(6-10)7-11-2-1-5-20(11)8-13-17-14(21)19-18-13/h3-4,6,11H,1-2,5,7-8H2,(H2,17,18,19,21)/t11-/m1/s1. The molecule has 5 nitrogen and oxygen atoms in total. The first kappa shape index (κ1) is 13.9. The van der Waals surface area contributed by atoms with Crippen LogP contribution in [-0.2, 0) is 13.0 Å². The van der Waals surface area contributed by atoms with Crippen molar-refractivity contribution in [3.8, 4) is 0 Å². The second kappa shape index (κ2) is 5.77. The van der Waals surface area contributed by atoms with Crippen molar-refractivity contribution in [2.75, 3.05) is 6.54 Å². The van der Waals surface area contributed by atoms with E-state index in [1.54, 1.807) is 0 Å². The molecule has 0 aliphatic carbocycles. The first-order valence-corrected chi connectivity index (χ1v) is 6.93. The third-order valence-electron chi connectivity index (χ3n) is 3.87. The summed E-state index contributed by atoms with van der Waals surface area (Å²) >= 11 is 0. The van der Waals surface area contributed by atoms with Gasteiger partial charge in [0.2, 0.25) is 0 Å². The zero-order chi connectivity index (χ0) is 14.8. The summed E-state index contributed by atoms with van der Waals surface area (Å²) in [5.74, 6) is -0.240. The number of likely N-dealkylation sites (tertiary alicyclic amines) is 1. The minimum atomic E-state index is -0.424. The molecule has 21 heavy (non-hydrogen) atoms. The molecule has 1 aliphatic rings. The maximum absolute atomic E-state index is 13.7. The number of nitrogens with one attached hydrogen (secondary N) is 2. The van der Waals surface area contributed by atoms with Crippen LogP contribution in [0.2, 0.25) is 0 Å². The monoisotopic (exact) mass is 294 g/mol. The molecule has 112 valence electrons. The van der Waals surface area contributed by atoms with Gasteiger partial charge < -0.3 is 0 Å². The van der Waals surface area contributed by atoms with Crippen molar-refractivity contribution >= 4 is 0 Å². The molecular weight excluding hydrogens is 278 g/mol. The van der Waals surface area contributed by atoms with Crippen molar-refractivity contribution in [3.05, 3.63) is 51.7 Å². The van der Waals surface area contributed by atoms with Gasteiger partial charge in [0, 0.05) is 6.04 Å². The molecule has 1 fully saturated rings. The van der Waals surface area contributed by atoms with Crippen LogP contribution in [0.5, 0.6) is 0 Å². The lowest BCUT2D eigenvalue weighted by Crippen LogP contribution is -2.31. The molecule has 2 aromatic rings. The Labute approximate surface area is 120 Å². The van der Waals surface area contributed by atoms with Crippen molar-refractivity contribution in [1.29, 1.82) is 0 Å². The Balaban J connectivity index is 1.72. The lowest BCUT2D eigenvalue weighted by Gasteiger charge is -2.23. The van der Waals surface area contributed by atoms with Gasteiger partial charge in [-0.15, -0.1) is 0 Å². The van der Waals surface area contributed by atoms with Gasteiger partial charge in [-0.3, -0.25) is 9.88 Å². The van der Waals surface area contributed by atoms with Crippen molar-refractivity contribution in [3.63, 3.8) is 0 Å². The third-order valence-corrected chi connectivity index (χ3v) is 3.87. The summed E-state index contributed by atoms with van der Waals surface area (Å²) in [5, 5.41) is 6.21. The third kappa shape index (κ3) is 3.18. The molecular formula is C14H16F2N4O. The van der Waals surface area contributed by atoms with E-state index >= 15 is 0 Å². The molecule has 0 spiro atoms. The van der Waals surface area contributed by atoms with Gasteiger partial charge in [-0.1, -0.05) is 0 Å². The fourth-order valence-electron chi connectivity index (χ4n) is 2.86. The molecule has 0 radical (unpaired) electrons. The van der Waals surface area contributed by atoms with E-state index in [2.05, 4.69) is 20.1 Å². The number of rotatable bonds is 4. The quantitative estimate of drug-likeness (QED) is 0.900. The van der Waals surface area contributed by atoms with E-state index in [1.165, 1.54) is 6.07 Å². The van der Waals surface area contributed by atoms with E-state index < -0.39 is 5.82 Å². The number of aromatic nitrogens is 3. The van der Waals surface area contributed by atoms with Crippen LogP contribution >= 0.6 is 0 Å². The van der Waals surface area contributed by atoms with Gasteiger partial charge in [-0.2, -0.15) is 5.10 Å². The summed E-state index contributed by atoms with van der Waals surface area (Å²) < 4.78 is 27.0. The lowest BCUT2D eigenvalue weighted by molar-refractivity contribution is 0.237. The molecule has 1 aromatic carbocycles. The van der Waals surface area contributed by atoms with Gasteiger partial charge >= 0.3 is 5.69 Å². The van der Waals surface area contributed by atoms with E-state index in [4.69, 9.17) is 0 Å². The predicted octanol–water partition coefficient (Wildman–Crippen LogP) is 1.58. The highest BCUT2D eigenvalue weighted by Crippen LogP contribution is 2.23. The Morgan fingerprint density at radius 3 is 3.00 bits per heavy atom. The first-order chi connectivity index (χ1) is 10.1. The van der Waals surface area contributed by atoms with E-state index in [0.29, 0.717) is 24.4 Å². The molecule has 2 N–H and O–H groups in total. The van der Waals surface area contributed by atoms with Crippen LogP contribution in [0.25, 0.3) is 0 Å². The molecule has 0 unspecified atom stereocenters. The van der Waals surface area contributed by atoms with Crippen LogP contribution in [0.4, 0.5) is 8.78 Å². The van der Waals surface area contributed by atoms with Crippen molar-refractivity contribution in [2.45, 2.75) is 31.8 Å². The highest BCUT2D eigenvalue weighted by molar-refractivity contribution is 5.20. The first-order valence-electron chi connectivity index (χ1n) is 6.93. The summed E-state index contributed by atoms with van der Waals surface area (Å²) in [4.78, 5) is 15.8. The summed E-state index contributed by atoms with van der Waals surface area (Å²) in [6.07, 6.45) is 2.37. The van der Waals surface area contributed by atoms with E-state index in [1.807, 2.05) is 0 Å². The largest absolute Gasteiger partial charge is 0.340 e. The van der Waals surface area contributed by atoms with Crippen LogP contribution < -0.4 is 5.69 Å². The number of hydrogen-bond acceptors (Lipinski definition) is 3. The molecule has 1 atom stereocenters. The Morgan fingerprint density at radius 1 is 1.38 bits per heavy atom. The highest BCUT2D eigenvalue weighted by Gasteiger charge is 2.26. The smallest absolute Gasteiger partial charge is 0.293 e. The van der Waals surface area contributed by atoms with Crippen LogP contribution in [0.1, 0.15) is 24.2 Å². The number of benzene rings is 1. The fourth-order valence-corrected chi connectivity index (χ4v) is 2.86. The Hall–Kier alpha value is -2.02. The summed E-state index contributed by atoms with van der Waals surface area (Å²) in [7, 11) is 0. The van der Waals surface area contributed by atoms with Gasteiger partial charge in [0.05, 0.1) is 6.54 Å². The van der Waals surface area contributed by atoms with E-state index in [9.17, 15) is 13.6 Å². The van der Waals surface area contributed by atoms with Gasteiger partial charge in [0.1, 0.15) is 17.5 Å². The number of hydrogen-bond donors (Lipinski definition) is 2. The zero-order valence-corrected chi connectivity index (χ0v) is 11.4. The van der Waals surface area contributed by atoms with Gasteiger partial charge in [0.25, 0.3) is 0 Å². The topological polar surface area (TPSA) is 64.8 Å². The molecule has 7 heteroatoms. The average molecular weight is 294 g/mol. The van der Waals surface area contributed by atoms with Crippen molar-refractivity contribution in [2.24, 2.45) is 0 Å². The Morgan fingerprint density at radius 2 is 2.24 bits per heavy atom. The van der Waals surface area contributed by atoms with Crippen LogP contribution in [-0.4, -0.2) is 32.7 Å². The maximum atomic E-state index is 13.7. The summed E-state index contributed by atoms with van der Waals surface area (Å²) in [5.41, 5.74) is 0.0549. The molecule has 1 saturated heterocycles. The molecule has 3 rings (SSSR count). The molecule has 1 aromatic heterocycles. The predicted molar refractivity (Wildman–Crippen MR) is 72.7 cm³/mol. The Bertz CT molecular complexity index is 682. The van der Waals surface area contributed by atoms with Gasteiger partial charge in [0.15, 0.2) is 0 Å². The molecule has 2 heterocycles. The second-order valence-electron chi connectivity index (χ2n) is 5.33. The lowest BCUT2D eigenvalue weighted by atomic mass is 10.0. The number of H-pyrrole nitrogens is 2.